The third-order valence-corrected chi connectivity index (χ3v) is 8.26. The van der Waals surface area contributed by atoms with E-state index in [2.05, 4.69) is 0 Å². The van der Waals surface area contributed by atoms with Gasteiger partial charge < -0.3 is 19.9 Å². The lowest BCUT2D eigenvalue weighted by molar-refractivity contribution is -0.143. The van der Waals surface area contributed by atoms with Crippen LogP contribution in [0.5, 0.6) is 5.75 Å². The highest BCUT2D eigenvalue weighted by Crippen LogP contribution is 2.52. The second-order valence-corrected chi connectivity index (χ2v) is 10.2. The summed E-state index contributed by atoms with van der Waals surface area (Å²) >= 11 is 0. The Morgan fingerprint density at radius 1 is 1.06 bits per heavy atom. The van der Waals surface area contributed by atoms with Crippen molar-refractivity contribution in [2.45, 2.75) is 70.9 Å². The number of amides is 2. The fraction of sp³-hybridized carbons (Fsp3) is 0.600. The smallest absolute Gasteiger partial charge is 0.487 e. The number of aliphatic hydroxyl groups is 1. The predicted molar refractivity (Wildman–Crippen MR) is 122 cm³/mol. The van der Waals surface area contributed by atoms with E-state index in [4.69, 9.17) is 4.65 Å². The van der Waals surface area contributed by atoms with Crippen LogP contribution in [0.1, 0.15) is 67.7 Å². The summed E-state index contributed by atoms with van der Waals surface area (Å²) in [4.78, 5) is 28.6. The van der Waals surface area contributed by atoms with Crippen LogP contribution in [-0.4, -0.2) is 51.7 Å². The molecule has 4 atom stereocenters. The summed E-state index contributed by atoms with van der Waals surface area (Å²) in [5, 5.41) is 31.2. The van der Waals surface area contributed by atoms with Crippen molar-refractivity contribution < 1.29 is 29.5 Å². The molecule has 0 unspecified atom stereocenters. The molecular formula is C25H32BNO6. The fourth-order valence-corrected chi connectivity index (χ4v) is 6.67. The van der Waals surface area contributed by atoms with Gasteiger partial charge in [-0.3, -0.25) is 14.5 Å². The van der Waals surface area contributed by atoms with Gasteiger partial charge in [0.15, 0.2) is 0 Å². The van der Waals surface area contributed by atoms with Crippen molar-refractivity contribution in [2.75, 3.05) is 6.61 Å². The molecule has 2 saturated heterocycles. The third kappa shape index (κ3) is 3.63. The Morgan fingerprint density at radius 3 is 2.36 bits per heavy atom. The van der Waals surface area contributed by atoms with Crippen LogP contribution in [0.3, 0.4) is 0 Å². The van der Waals surface area contributed by atoms with Crippen molar-refractivity contribution in [3.8, 4) is 5.75 Å². The molecule has 0 bridgehead atoms. The number of phenols is 1. The van der Waals surface area contributed by atoms with Crippen LogP contribution in [0.2, 0.25) is 0 Å². The van der Waals surface area contributed by atoms with E-state index in [0.29, 0.717) is 23.9 Å². The number of hydrogen-bond donors (Lipinski definition) is 3. The number of carbonyl (C=O) groups is 2. The molecule has 1 saturated carbocycles. The van der Waals surface area contributed by atoms with Crippen LogP contribution in [0.4, 0.5) is 0 Å². The minimum Gasteiger partial charge on any atom is -0.507 e. The second kappa shape index (κ2) is 8.56. The number of aromatic hydroxyl groups is 1. The standard InChI is InChI=1S/C25H32BNO6/c1-13-8-15(9-14(2)23(13)29)20-11-18-21-19(10-16(12-28)22(18)26(32)33-20)24(30)27(25(21)31)17-6-4-3-5-7-17/h8-9,17-21,28-29,32H,3-7,10-12H2,1-2H3/t18-,19-,20-,21+/m0/s1. The lowest BCUT2D eigenvalue weighted by Crippen LogP contribution is -2.45. The lowest BCUT2D eigenvalue weighted by atomic mass is 9.55. The Kier molecular flexibility index (Phi) is 5.87. The molecule has 2 aliphatic carbocycles. The predicted octanol–water partition coefficient (Wildman–Crippen LogP) is 2.73. The molecule has 3 fully saturated rings. The van der Waals surface area contributed by atoms with Crippen LogP contribution < -0.4 is 0 Å². The summed E-state index contributed by atoms with van der Waals surface area (Å²) in [5.41, 5.74) is 3.47. The lowest BCUT2D eigenvalue weighted by Gasteiger charge is -2.42. The highest BCUT2D eigenvalue weighted by molar-refractivity contribution is 6.53. The number of likely N-dealkylation sites (tertiary alicyclic amines) is 1. The van der Waals surface area contributed by atoms with E-state index in [1.54, 1.807) is 0 Å². The van der Waals surface area contributed by atoms with Crippen molar-refractivity contribution in [1.29, 1.82) is 0 Å². The minimum atomic E-state index is -1.24. The summed E-state index contributed by atoms with van der Waals surface area (Å²) in [6.45, 7) is 3.37. The number of nitrogens with zero attached hydrogens (tertiary/aromatic N) is 1. The molecule has 5 rings (SSSR count). The van der Waals surface area contributed by atoms with Crippen LogP contribution in [0, 0.1) is 31.6 Å². The van der Waals surface area contributed by atoms with Crippen molar-refractivity contribution in [3.05, 3.63) is 39.9 Å². The molecule has 3 N–H and O–H groups in total. The monoisotopic (exact) mass is 453 g/mol. The van der Waals surface area contributed by atoms with Gasteiger partial charge in [0.25, 0.3) is 0 Å². The molecule has 8 heteroatoms. The van der Waals surface area contributed by atoms with Crippen molar-refractivity contribution in [2.24, 2.45) is 17.8 Å². The number of rotatable bonds is 3. The van der Waals surface area contributed by atoms with Crippen molar-refractivity contribution in [3.63, 3.8) is 0 Å². The number of aliphatic hydroxyl groups excluding tert-OH is 1. The van der Waals surface area contributed by atoms with E-state index in [1.165, 1.54) is 4.90 Å². The van der Waals surface area contributed by atoms with Gasteiger partial charge >= 0.3 is 7.12 Å². The molecule has 2 amide bonds. The SMILES string of the molecule is Cc1cc([C@@H]2C[C@@H]3C(=C(CO)C[C@@H]4C(=O)N(C5CCCCC5)C(=O)[C@@H]43)B(O)O2)cc(C)c1O. The largest absolute Gasteiger partial charge is 0.507 e. The maximum Gasteiger partial charge on any atom is 0.487 e. The average molecular weight is 453 g/mol. The molecule has 0 radical (unpaired) electrons. The number of fused-ring (bicyclic) bond motifs is 3. The van der Waals surface area contributed by atoms with Crippen molar-refractivity contribution >= 4 is 18.9 Å². The third-order valence-electron chi connectivity index (χ3n) is 8.26. The number of benzene rings is 1. The number of allylic oxidation sites excluding steroid dienone is 1. The van der Waals surface area contributed by atoms with Crippen LogP contribution in [0.25, 0.3) is 0 Å². The van der Waals surface area contributed by atoms with Gasteiger partial charge in [-0.15, -0.1) is 0 Å². The Hall–Kier alpha value is -2.16. The summed E-state index contributed by atoms with van der Waals surface area (Å²) in [5.74, 6) is -1.37. The van der Waals surface area contributed by atoms with E-state index >= 15 is 0 Å². The first-order valence-electron chi connectivity index (χ1n) is 12.1. The van der Waals surface area contributed by atoms with Gasteiger partial charge in [0.05, 0.1) is 24.5 Å². The zero-order valence-corrected chi connectivity index (χ0v) is 19.3. The van der Waals surface area contributed by atoms with Gasteiger partial charge in [0.1, 0.15) is 5.75 Å². The summed E-state index contributed by atoms with van der Waals surface area (Å²) in [6.07, 6.45) is 5.17. The van der Waals surface area contributed by atoms with Gasteiger partial charge in [-0.05, 0) is 85.3 Å². The molecule has 7 nitrogen and oxygen atoms in total. The molecular weight excluding hydrogens is 421 g/mol. The Balaban J connectivity index is 1.51. The zero-order chi connectivity index (χ0) is 23.4. The highest BCUT2D eigenvalue weighted by Gasteiger charge is 2.58. The average Bonchev–Trinajstić information content (AvgIpc) is 3.06. The molecule has 0 aromatic heterocycles. The molecule has 1 aromatic rings. The zero-order valence-electron chi connectivity index (χ0n) is 19.3. The van der Waals surface area contributed by atoms with Gasteiger partial charge in [-0.1, -0.05) is 19.3 Å². The number of carbonyl (C=O) groups excluding carboxylic acids is 2. The quantitative estimate of drug-likeness (QED) is 0.480. The molecule has 1 aromatic carbocycles. The molecule has 2 heterocycles. The van der Waals surface area contributed by atoms with Crippen molar-refractivity contribution in [1.82, 2.24) is 4.90 Å². The number of imide groups is 1. The van der Waals surface area contributed by atoms with Crippen LogP contribution in [0.15, 0.2) is 23.2 Å². The Labute approximate surface area is 194 Å². The molecule has 0 spiro atoms. The van der Waals surface area contributed by atoms with Gasteiger partial charge in [0, 0.05) is 6.04 Å². The minimum absolute atomic E-state index is 0.0339. The van der Waals surface area contributed by atoms with Crippen LogP contribution in [-0.2, 0) is 14.2 Å². The second-order valence-electron chi connectivity index (χ2n) is 10.2. The van der Waals surface area contributed by atoms with E-state index < -0.39 is 25.1 Å². The summed E-state index contributed by atoms with van der Waals surface area (Å²) in [6, 6.07) is 3.66. The summed E-state index contributed by atoms with van der Waals surface area (Å²) < 4.78 is 5.97. The number of phenolic OH excluding ortho intramolecular Hbond substituents is 1. The molecule has 2 aliphatic heterocycles. The first-order valence-corrected chi connectivity index (χ1v) is 12.1. The first kappa shape index (κ1) is 22.6. The highest BCUT2D eigenvalue weighted by atomic mass is 16.5. The fourth-order valence-electron chi connectivity index (χ4n) is 6.67. The number of aryl methyl sites for hydroxylation is 2. The maximum atomic E-state index is 13.7. The first-order chi connectivity index (χ1) is 15.8. The Morgan fingerprint density at radius 2 is 1.73 bits per heavy atom. The van der Waals surface area contributed by atoms with Gasteiger partial charge in [-0.2, -0.15) is 0 Å². The molecule has 33 heavy (non-hydrogen) atoms. The van der Waals surface area contributed by atoms with Gasteiger partial charge in [0.2, 0.25) is 11.8 Å². The maximum absolute atomic E-state index is 13.7. The van der Waals surface area contributed by atoms with E-state index in [1.807, 2.05) is 26.0 Å². The van der Waals surface area contributed by atoms with E-state index in [-0.39, 0.29) is 36.1 Å². The van der Waals surface area contributed by atoms with E-state index in [0.717, 1.165) is 48.8 Å². The normalized spacial score (nSPS) is 30.7. The number of hydrogen-bond acceptors (Lipinski definition) is 6. The van der Waals surface area contributed by atoms with E-state index in [9.17, 15) is 24.8 Å². The molecule has 176 valence electrons. The Bertz CT molecular complexity index is 993. The summed E-state index contributed by atoms with van der Waals surface area (Å²) in [7, 11) is -1.24. The molecule has 4 aliphatic rings. The van der Waals surface area contributed by atoms with Crippen LogP contribution >= 0.6 is 0 Å². The topological polar surface area (TPSA) is 107 Å². The van der Waals surface area contributed by atoms with Gasteiger partial charge in [-0.25, -0.2) is 0 Å².